The average molecular weight is 316 g/mol. The molecule has 22 heavy (non-hydrogen) atoms. The number of nitrogens with one attached hydrogen (secondary N) is 1. The highest BCUT2D eigenvalue weighted by Crippen LogP contribution is 2.18. The molecule has 0 saturated heterocycles. The van der Waals surface area contributed by atoms with Crippen LogP contribution in [-0.2, 0) is 13.6 Å². The molecule has 0 fully saturated rings. The van der Waals surface area contributed by atoms with Crippen LogP contribution in [0.1, 0.15) is 17.4 Å². The Balaban J connectivity index is 1.63. The number of aliphatic hydroxyl groups excluding tert-OH is 1. The van der Waals surface area contributed by atoms with Gasteiger partial charge in [-0.05, 0) is 23.8 Å². The standard InChI is InChI=1S/C17H18ClN3O/c1-21-16-5-3-2-4-14(16)15(20-21)10-19-11-17(22)12-6-8-13(18)9-7-12/h2-9,17,19,22H,10-11H2,1H3/t17-/m1/s1. The van der Waals surface area contributed by atoms with Crippen molar-refractivity contribution in [1.82, 2.24) is 15.1 Å². The smallest absolute Gasteiger partial charge is 0.0914 e. The molecular weight excluding hydrogens is 298 g/mol. The molecule has 0 bridgehead atoms. The summed E-state index contributed by atoms with van der Waals surface area (Å²) in [6, 6.07) is 15.4. The fourth-order valence-electron chi connectivity index (χ4n) is 2.55. The fourth-order valence-corrected chi connectivity index (χ4v) is 2.68. The number of benzene rings is 2. The predicted molar refractivity (Wildman–Crippen MR) is 88.8 cm³/mol. The predicted octanol–water partition coefficient (Wildman–Crippen LogP) is 3.05. The number of para-hydroxylation sites is 1. The monoisotopic (exact) mass is 315 g/mol. The highest BCUT2D eigenvalue weighted by Gasteiger charge is 2.10. The van der Waals surface area contributed by atoms with Crippen molar-refractivity contribution in [3.63, 3.8) is 0 Å². The maximum atomic E-state index is 10.2. The fraction of sp³-hybridized carbons (Fsp3) is 0.235. The van der Waals surface area contributed by atoms with Crippen molar-refractivity contribution in [2.45, 2.75) is 12.6 Å². The summed E-state index contributed by atoms with van der Waals surface area (Å²) in [7, 11) is 1.94. The molecule has 0 unspecified atom stereocenters. The van der Waals surface area contributed by atoms with Crippen molar-refractivity contribution in [1.29, 1.82) is 0 Å². The zero-order valence-electron chi connectivity index (χ0n) is 12.3. The molecule has 0 spiro atoms. The van der Waals surface area contributed by atoms with Crippen LogP contribution in [0, 0.1) is 0 Å². The molecule has 3 rings (SSSR count). The SMILES string of the molecule is Cn1nc(CNC[C@@H](O)c2ccc(Cl)cc2)c2ccccc21. The van der Waals surface area contributed by atoms with E-state index >= 15 is 0 Å². The molecule has 0 saturated carbocycles. The van der Waals surface area contributed by atoms with Crippen LogP contribution in [0.2, 0.25) is 5.02 Å². The topological polar surface area (TPSA) is 50.1 Å². The van der Waals surface area contributed by atoms with Crippen LogP contribution in [-0.4, -0.2) is 21.4 Å². The molecule has 1 atom stereocenters. The molecule has 0 aliphatic heterocycles. The Morgan fingerprint density at radius 3 is 2.68 bits per heavy atom. The van der Waals surface area contributed by atoms with Crippen LogP contribution in [0.15, 0.2) is 48.5 Å². The van der Waals surface area contributed by atoms with E-state index in [0.717, 1.165) is 22.2 Å². The number of halogens is 1. The number of aliphatic hydroxyl groups is 1. The second-order valence-corrected chi connectivity index (χ2v) is 5.72. The van der Waals surface area contributed by atoms with E-state index in [1.165, 1.54) is 0 Å². The maximum absolute atomic E-state index is 10.2. The van der Waals surface area contributed by atoms with Gasteiger partial charge >= 0.3 is 0 Å². The van der Waals surface area contributed by atoms with E-state index in [1.807, 2.05) is 42.1 Å². The zero-order valence-corrected chi connectivity index (χ0v) is 13.1. The summed E-state index contributed by atoms with van der Waals surface area (Å²) in [5.41, 5.74) is 2.95. The molecule has 0 aliphatic rings. The molecule has 2 aromatic carbocycles. The minimum Gasteiger partial charge on any atom is -0.387 e. The highest BCUT2D eigenvalue weighted by molar-refractivity contribution is 6.30. The van der Waals surface area contributed by atoms with Gasteiger partial charge in [0.1, 0.15) is 0 Å². The lowest BCUT2D eigenvalue weighted by Gasteiger charge is -2.11. The van der Waals surface area contributed by atoms with Crippen LogP contribution < -0.4 is 5.32 Å². The van der Waals surface area contributed by atoms with E-state index in [4.69, 9.17) is 11.6 Å². The van der Waals surface area contributed by atoms with E-state index in [1.54, 1.807) is 12.1 Å². The lowest BCUT2D eigenvalue weighted by Crippen LogP contribution is -2.21. The molecular formula is C17H18ClN3O. The minimum atomic E-state index is -0.563. The van der Waals surface area contributed by atoms with Crippen LogP contribution in [0.5, 0.6) is 0 Å². The van der Waals surface area contributed by atoms with Gasteiger partial charge in [0.15, 0.2) is 0 Å². The summed E-state index contributed by atoms with van der Waals surface area (Å²) in [5.74, 6) is 0. The highest BCUT2D eigenvalue weighted by atomic mass is 35.5. The van der Waals surface area contributed by atoms with Gasteiger partial charge in [-0.25, -0.2) is 0 Å². The van der Waals surface area contributed by atoms with Gasteiger partial charge in [-0.15, -0.1) is 0 Å². The molecule has 1 heterocycles. The Hall–Kier alpha value is -1.88. The zero-order chi connectivity index (χ0) is 15.5. The lowest BCUT2D eigenvalue weighted by molar-refractivity contribution is 0.174. The molecule has 3 aromatic rings. The third-order valence-corrected chi connectivity index (χ3v) is 3.97. The van der Waals surface area contributed by atoms with Crippen molar-refractivity contribution in [2.24, 2.45) is 7.05 Å². The Labute approximate surface area is 134 Å². The molecule has 114 valence electrons. The van der Waals surface area contributed by atoms with E-state index in [0.29, 0.717) is 18.1 Å². The Bertz CT molecular complexity index is 767. The van der Waals surface area contributed by atoms with Gasteiger partial charge in [0.25, 0.3) is 0 Å². The molecule has 0 radical (unpaired) electrons. The van der Waals surface area contributed by atoms with Crippen molar-refractivity contribution >= 4 is 22.5 Å². The minimum absolute atomic E-state index is 0.465. The Kier molecular flexibility index (Phi) is 4.43. The quantitative estimate of drug-likeness (QED) is 0.761. The van der Waals surface area contributed by atoms with E-state index in [2.05, 4.69) is 16.5 Å². The third-order valence-electron chi connectivity index (χ3n) is 3.72. The van der Waals surface area contributed by atoms with Gasteiger partial charge in [-0.2, -0.15) is 5.10 Å². The first kappa shape index (κ1) is 15.0. The summed E-state index contributed by atoms with van der Waals surface area (Å²) in [4.78, 5) is 0. The third kappa shape index (κ3) is 3.14. The van der Waals surface area contributed by atoms with Crippen LogP contribution in [0.3, 0.4) is 0 Å². The van der Waals surface area contributed by atoms with Crippen molar-refractivity contribution in [2.75, 3.05) is 6.54 Å². The van der Waals surface area contributed by atoms with Crippen molar-refractivity contribution in [3.8, 4) is 0 Å². The van der Waals surface area contributed by atoms with Gasteiger partial charge in [-0.3, -0.25) is 4.68 Å². The van der Waals surface area contributed by atoms with E-state index < -0.39 is 6.10 Å². The van der Waals surface area contributed by atoms with Crippen LogP contribution in [0.25, 0.3) is 10.9 Å². The summed E-state index contributed by atoms with van der Waals surface area (Å²) >= 11 is 5.85. The first-order valence-corrected chi connectivity index (χ1v) is 7.58. The second-order valence-electron chi connectivity index (χ2n) is 5.29. The number of hydrogen-bond donors (Lipinski definition) is 2. The van der Waals surface area contributed by atoms with Gasteiger partial charge < -0.3 is 10.4 Å². The van der Waals surface area contributed by atoms with Crippen molar-refractivity contribution < 1.29 is 5.11 Å². The summed E-state index contributed by atoms with van der Waals surface area (Å²) in [6.45, 7) is 1.08. The van der Waals surface area contributed by atoms with Gasteiger partial charge in [0, 0.05) is 30.5 Å². The number of rotatable bonds is 5. The van der Waals surface area contributed by atoms with Crippen LogP contribution in [0.4, 0.5) is 0 Å². The van der Waals surface area contributed by atoms with Crippen LogP contribution >= 0.6 is 11.6 Å². The largest absolute Gasteiger partial charge is 0.387 e. The molecule has 0 aliphatic carbocycles. The van der Waals surface area contributed by atoms with Gasteiger partial charge in [0.2, 0.25) is 0 Å². The Morgan fingerprint density at radius 2 is 1.91 bits per heavy atom. The summed E-state index contributed by atoms with van der Waals surface area (Å²) in [5, 5.41) is 19.8. The second kappa shape index (κ2) is 6.48. The number of hydrogen-bond acceptors (Lipinski definition) is 3. The number of fused-ring (bicyclic) bond motifs is 1. The first-order chi connectivity index (χ1) is 10.6. The molecule has 0 amide bonds. The molecule has 5 heteroatoms. The van der Waals surface area contributed by atoms with Crippen molar-refractivity contribution in [3.05, 3.63) is 64.8 Å². The lowest BCUT2D eigenvalue weighted by atomic mass is 10.1. The van der Waals surface area contributed by atoms with E-state index in [-0.39, 0.29) is 0 Å². The molecule has 4 nitrogen and oxygen atoms in total. The average Bonchev–Trinajstić information content (AvgIpc) is 2.85. The molecule has 1 aromatic heterocycles. The van der Waals surface area contributed by atoms with Gasteiger partial charge in [0.05, 0.1) is 17.3 Å². The maximum Gasteiger partial charge on any atom is 0.0914 e. The Morgan fingerprint density at radius 1 is 1.18 bits per heavy atom. The molecule has 2 N–H and O–H groups in total. The number of nitrogens with zero attached hydrogens (tertiary/aromatic N) is 2. The first-order valence-electron chi connectivity index (χ1n) is 7.20. The summed E-state index contributed by atoms with van der Waals surface area (Å²) < 4.78 is 1.88. The van der Waals surface area contributed by atoms with E-state index in [9.17, 15) is 5.11 Å². The van der Waals surface area contributed by atoms with Gasteiger partial charge in [-0.1, -0.05) is 41.9 Å². The number of aromatic nitrogens is 2. The number of aryl methyl sites for hydroxylation is 1. The summed E-state index contributed by atoms with van der Waals surface area (Å²) in [6.07, 6.45) is -0.563. The normalized spacial score (nSPS) is 12.7.